The smallest absolute Gasteiger partial charge is 0.287 e. The Hall–Kier alpha value is -2.83. The first-order chi connectivity index (χ1) is 14.0. The van der Waals surface area contributed by atoms with Crippen LogP contribution in [0.5, 0.6) is 5.75 Å². The third-order valence-electron chi connectivity index (χ3n) is 5.38. The highest BCUT2D eigenvalue weighted by Crippen LogP contribution is 2.21. The van der Waals surface area contributed by atoms with E-state index < -0.39 is 0 Å². The second-order valence-corrected chi connectivity index (χ2v) is 7.48. The van der Waals surface area contributed by atoms with Crippen LogP contribution in [0.3, 0.4) is 0 Å². The van der Waals surface area contributed by atoms with Gasteiger partial charge in [0.15, 0.2) is 5.82 Å². The van der Waals surface area contributed by atoms with Gasteiger partial charge in [-0.05, 0) is 56.7 Å². The summed E-state index contributed by atoms with van der Waals surface area (Å²) in [5.74, 6) is 0.734. The molecule has 0 saturated heterocycles. The first-order valence-corrected chi connectivity index (χ1v) is 10.3. The Bertz CT molecular complexity index is 858. The fourth-order valence-electron chi connectivity index (χ4n) is 3.48. The van der Waals surface area contributed by atoms with Crippen molar-refractivity contribution in [1.29, 1.82) is 0 Å². The fraction of sp³-hybridized carbons (Fsp3) is 0.500. The molecule has 7 nitrogen and oxygen atoms in total. The number of nitrogens with one attached hydrogen (secondary N) is 2. The van der Waals surface area contributed by atoms with Crippen molar-refractivity contribution in [3.8, 4) is 5.75 Å². The summed E-state index contributed by atoms with van der Waals surface area (Å²) >= 11 is 0. The third-order valence-corrected chi connectivity index (χ3v) is 5.38. The van der Waals surface area contributed by atoms with Crippen LogP contribution in [0.15, 0.2) is 24.3 Å². The first kappa shape index (κ1) is 20.9. The van der Waals surface area contributed by atoms with Crippen LogP contribution in [0.25, 0.3) is 0 Å². The van der Waals surface area contributed by atoms with Gasteiger partial charge in [0.1, 0.15) is 11.4 Å². The number of rotatable bonds is 8. The summed E-state index contributed by atoms with van der Waals surface area (Å²) in [4.78, 5) is 29.9. The van der Waals surface area contributed by atoms with Gasteiger partial charge >= 0.3 is 0 Å². The van der Waals surface area contributed by atoms with Gasteiger partial charge in [-0.15, -0.1) is 0 Å². The van der Waals surface area contributed by atoms with Crippen molar-refractivity contribution in [2.45, 2.75) is 58.5 Å². The van der Waals surface area contributed by atoms with Gasteiger partial charge in [-0.3, -0.25) is 9.59 Å². The molecule has 0 saturated carbocycles. The monoisotopic (exact) mass is 398 g/mol. The van der Waals surface area contributed by atoms with Crippen molar-refractivity contribution in [2.75, 3.05) is 13.7 Å². The average Bonchev–Trinajstić information content (AvgIpc) is 3.14. The molecule has 2 N–H and O–H groups in total. The Morgan fingerprint density at radius 2 is 1.97 bits per heavy atom. The average molecular weight is 399 g/mol. The molecule has 0 spiro atoms. The van der Waals surface area contributed by atoms with Gasteiger partial charge in [-0.1, -0.05) is 19.1 Å². The molecule has 2 aromatic rings. The van der Waals surface area contributed by atoms with E-state index in [-0.39, 0.29) is 17.9 Å². The maximum atomic E-state index is 12.8. The number of benzene rings is 1. The zero-order valence-electron chi connectivity index (χ0n) is 17.5. The highest BCUT2D eigenvalue weighted by Gasteiger charge is 2.27. The van der Waals surface area contributed by atoms with Crippen LogP contribution >= 0.6 is 0 Å². The Morgan fingerprint density at radius 3 is 2.66 bits per heavy atom. The van der Waals surface area contributed by atoms with Crippen molar-refractivity contribution in [3.63, 3.8) is 0 Å². The summed E-state index contributed by atoms with van der Waals surface area (Å²) in [5.41, 5.74) is 2.37. The van der Waals surface area contributed by atoms with Gasteiger partial charge in [0.25, 0.3) is 11.8 Å². The topological polar surface area (TPSA) is 85.2 Å². The number of methoxy groups -OCH3 is 1. The molecule has 7 heteroatoms. The molecule has 29 heavy (non-hydrogen) atoms. The minimum absolute atomic E-state index is 0.0702. The molecule has 0 radical (unpaired) electrons. The number of hydrogen-bond donors (Lipinski definition) is 2. The lowest BCUT2D eigenvalue weighted by atomic mass is 10.1. The Labute approximate surface area is 171 Å². The van der Waals surface area contributed by atoms with Crippen molar-refractivity contribution < 1.29 is 14.3 Å². The minimum Gasteiger partial charge on any atom is -0.497 e. The predicted molar refractivity (Wildman–Crippen MR) is 111 cm³/mol. The second-order valence-electron chi connectivity index (χ2n) is 7.48. The quantitative estimate of drug-likeness (QED) is 0.716. The van der Waals surface area contributed by atoms with Gasteiger partial charge in [-0.25, -0.2) is 4.98 Å². The second kappa shape index (κ2) is 9.58. The maximum Gasteiger partial charge on any atom is 0.287 e. The van der Waals surface area contributed by atoms with E-state index in [4.69, 9.17) is 4.74 Å². The van der Waals surface area contributed by atoms with Crippen LogP contribution in [-0.4, -0.2) is 41.1 Å². The van der Waals surface area contributed by atoms with Crippen LogP contribution in [0.1, 0.15) is 65.5 Å². The van der Waals surface area contributed by atoms with Crippen LogP contribution in [0.4, 0.5) is 0 Å². The molecule has 1 unspecified atom stereocenters. The Kier molecular flexibility index (Phi) is 6.90. The Morgan fingerprint density at radius 1 is 1.21 bits per heavy atom. The van der Waals surface area contributed by atoms with Crippen molar-refractivity contribution in [2.24, 2.45) is 0 Å². The fourth-order valence-corrected chi connectivity index (χ4v) is 3.48. The number of aromatic nitrogens is 2. The van der Waals surface area contributed by atoms with Gasteiger partial charge in [0, 0.05) is 19.1 Å². The van der Waals surface area contributed by atoms with Gasteiger partial charge in [0.2, 0.25) is 0 Å². The lowest BCUT2D eigenvalue weighted by Crippen LogP contribution is -2.34. The number of hydrogen-bond acceptors (Lipinski definition) is 4. The van der Waals surface area contributed by atoms with Crippen LogP contribution < -0.4 is 15.4 Å². The standard InChI is InChI=1S/C22H30N4O3/c1-4-15(2)24-22(28)20-25-19(18-7-5-6-14-26(18)20)21(27)23-13-12-16-8-10-17(29-3)11-9-16/h8-11,15H,4-7,12-14H2,1-3H3,(H,23,27)(H,24,28). The number of nitrogens with zero attached hydrogens (tertiary/aromatic N) is 2. The molecule has 2 amide bonds. The molecule has 2 heterocycles. The zero-order valence-corrected chi connectivity index (χ0v) is 17.5. The number of fused-ring (bicyclic) bond motifs is 1. The molecular weight excluding hydrogens is 368 g/mol. The number of imidazole rings is 1. The Balaban J connectivity index is 1.68. The maximum absolute atomic E-state index is 12.8. The molecule has 1 aliphatic heterocycles. The van der Waals surface area contributed by atoms with E-state index in [1.54, 1.807) is 7.11 Å². The summed E-state index contributed by atoms with van der Waals surface area (Å²) in [7, 11) is 1.64. The van der Waals surface area contributed by atoms with Crippen molar-refractivity contribution in [1.82, 2.24) is 20.2 Å². The predicted octanol–water partition coefficient (Wildman–Crippen LogP) is 2.73. The molecule has 0 bridgehead atoms. The number of ether oxygens (including phenoxy) is 1. The van der Waals surface area contributed by atoms with Gasteiger partial charge in [-0.2, -0.15) is 0 Å². The highest BCUT2D eigenvalue weighted by atomic mass is 16.5. The lowest BCUT2D eigenvalue weighted by molar-refractivity contribution is 0.0923. The zero-order chi connectivity index (χ0) is 20.8. The molecule has 1 aliphatic rings. The van der Waals surface area contributed by atoms with Crippen LogP contribution in [0.2, 0.25) is 0 Å². The van der Waals surface area contributed by atoms with Gasteiger partial charge < -0.3 is 19.9 Å². The SMILES string of the molecule is CCC(C)NC(=O)c1nc(C(=O)NCCc2ccc(OC)cc2)c2n1CCCC2. The number of amides is 2. The largest absolute Gasteiger partial charge is 0.497 e. The molecule has 0 aliphatic carbocycles. The lowest BCUT2D eigenvalue weighted by Gasteiger charge is -2.18. The van der Waals surface area contributed by atoms with Crippen molar-refractivity contribution in [3.05, 3.63) is 47.0 Å². The molecule has 156 valence electrons. The number of carbonyl (C=O) groups excluding carboxylic acids is 2. The summed E-state index contributed by atoms with van der Waals surface area (Å²) in [6, 6.07) is 7.86. The molecule has 0 fully saturated rings. The normalized spacial score (nSPS) is 14.0. The molecule has 3 rings (SSSR count). The van der Waals surface area contributed by atoms with E-state index >= 15 is 0 Å². The van der Waals surface area contributed by atoms with E-state index in [9.17, 15) is 9.59 Å². The molecule has 1 atom stereocenters. The minimum atomic E-state index is -0.216. The van der Waals surface area contributed by atoms with E-state index in [0.29, 0.717) is 24.5 Å². The molecular formula is C22H30N4O3. The van der Waals surface area contributed by atoms with E-state index in [0.717, 1.165) is 49.2 Å². The van der Waals surface area contributed by atoms with E-state index in [1.165, 1.54) is 0 Å². The summed E-state index contributed by atoms with van der Waals surface area (Å²) < 4.78 is 7.08. The summed E-state index contributed by atoms with van der Waals surface area (Å²) in [6.45, 7) is 5.22. The first-order valence-electron chi connectivity index (χ1n) is 10.3. The molecule has 1 aromatic carbocycles. The summed E-state index contributed by atoms with van der Waals surface area (Å²) in [6.07, 6.45) is 4.33. The summed E-state index contributed by atoms with van der Waals surface area (Å²) in [5, 5.41) is 5.91. The van der Waals surface area contributed by atoms with E-state index in [1.807, 2.05) is 42.7 Å². The van der Waals surface area contributed by atoms with E-state index in [2.05, 4.69) is 15.6 Å². The highest BCUT2D eigenvalue weighted by molar-refractivity contribution is 5.97. The van der Waals surface area contributed by atoms with Crippen LogP contribution in [0, 0.1) is 0 Å². The molecule has 1 aromatic heterocycles. The van der Waals surface area contributed by atoms with Crippen LogP contribution in [-0.2, 0) is 19.4 Å². The van der Waals surface area contributed by atoms with Gasteiger partial charge in [0.05, 0.1) is 12.8 Å². The van der Waals surface area contributed by atoms with Crippen molar-refractivity contribution >= 4 is 11.8 Å². The third kappa shape index (κ3) is 4.96. The number of carbonyl (C=O) groups is 2.